The van der Waals surface area contributed by atoms with E-state index in [1.807, 2.05) is 0 Å². The number of hydrogen-bond acceptors (Lipinski definition) is 1. The minimum atomic E-state index is 0. The number of hydrogen-bond donors (Lipinski definition) is 1. The fourth-order valence-electron chi connectivity index (χ4n) is 0.250. The summed E-state index contributed by atoms with van der Waals surface area (Å²) in [6, 6.07) is 0. The molecule has 1 nitrogen and oxygen atoms in total. The van der Waals surface area contributed by atoms with Crippen LogP contribution in [0.25, 0.3) is 0 Å². The maximum atomic E-state index is 3.11. The molecule has 0 aliphatic carbocycles. The average molecular weight is 123 g/mol. The molecule has 48 valence electrons. The number of rotatable bonds is 2. The Morgan fingerprint density at radius 1 is 1.14 bits per heavy atom. The van der Waals surface area contributed by atoms with Crippen molar-refractivity contribution in [2.45, 2.75) is 21.3 Å². The van der Waals surface area contributed by atoms with Gasteiger partial charge in [-0.1, -0.05) is 21.3 Å². The van der Waals surface area contributed by atoms with Crippen LogP contribution in [-0.2, 0) is 0 Å². The van der Waals surface area contributed by atoms with Crippen LogP contribution in [0.2, 0.25) is 0 Å². The van der Waals surface area contributed by atoms with Crippen LogP contribution >= 0.6 is 9.90 Å². The molecule has 0 saturated carbocycles. The lowest BCUT2D eigenvalue weighted by Crippen LogP contribution is -2.09. The predicted octanol–water partition coefficient (Wildman–Crippen LogP) is 1.31. The van der Waals surface area contributed by atoms with E-state index < -0.39 is 0 Å². The number of nitrogens with one attached hydrogen (secondary N) is 1. The molecule has 1 N–H and O–H groups in total. The molecule has 0 amide bonds. The second kappa shape index (κ2) is 16.2. The van der Waals surface area contributed by atoms with Gasteiger partial charge in [-0.3, -0.25) is 0 Å². The summed E-state index contributed by atoms with van der Waals surface area (Å²) in [4.78, 5) is 0. The molecule has 7 heavy (non-hydrogen) atoms. The van der Waals surface area contributed by atoms with Crippen LogP contribution in [0, 0.1) is 0 Å². The molecule has 1 unspecified atom stereocenters. The van der Waals surface area contributed by atoms with Gasteiger partial charge in [-0.15, -0.1) is 0 Å². The van der Waals surface area contributed by atoms with Gasteiger partial charge >= 0.3 is 0 Å². The van der Waals surface area contributed by atoms with Crippen LogP contribution in [0.4, 0.5) is 0 Å². The van der Waals surface area contributed by atoms with Gasteiger partial charge in [-0.2, -0.15) is 9.90 Å². The SMILES string of the molecule is C.CCNCC.P. The minimum absolute atomic E-state index is 0. The van der Waals surface area contributed by atoms with Crippen molar-refractivity contribution < 1.29 is 0 Å². The van der Waals surface area contributed by atoms with Gasteiger partial charge in [-0.25, -0.2) is 0 Å². The van der Waals surface area contributed by atoms with Gasteiger partial charge in [-0.05, 0) is 13.1 Å². The van der Waals surface area contributed by atoms with Crippen LogP contribution in [0.3, 0.4) is 0 Å². The Hall–Kier alpha value is 0.390. The highest BCUT2D eigenvalue weighted by Crippen LogP contribution is 1.47. The molecule has 0 radical (unpaired) electrons. The Labute approximate surface area is 50.5 Å². The van der Waals surface area contributed by atoms with Crippen molar-refractivity contribution >= 4 is 9.90 Å². The van der Waals surface area contributed by atoms with Gasteiger partial charge in [0, 0.05) is 0 Å². The summed E-state index contributed by atoms with van der Waals surface area (Å²) < 4.78 is 0. The first-order valence-corrected chi connectivity index (χ1v) is 2.12. The van der Waals surface area contributed by atoms with Gasteiger partial charge < -0.3 is 5.32 Å². The first kappa shape index (κ1) is 15.7. The van der Waals surface area contributed by atoms with Crippen LogP contribution in [0.15, 0.2) is 0 Å². The highest BCUT2D eigenvalue weighted by molar-refractivity contribution is 6.92. The van der Waals surface area contributed by atoms with Crippen LogP contribution in [-0.4, -0.2) is 13.1 Å². The third-order valence-corrected chi connectivity index (χ3v) is 0.500. The van der Waals surface area contributed by atoms with Crippen molar-refractivity contribution in [3.63, 3.8) is 0 Å². The maximum absolute atomic E-state index is 3.11. The molecule has 0 fully saturated rings. The zero-order valence-electron chi connectivity index (χ0n) is 4.62. The lowest BCUT2D eigenvalue weighted by atomic mass is 10.7. The van der Waals surface area contributed by atoms with Gasteiger partial charge in [0.15, 0.2) is 0 Å². The quantitative estimate of drug-likeness (QED) is 0.546. The van der Waals surface area contributed by atoms with Crippen molar-refractivity contribution in [2.75, 3.05) is 13.1 Å². The van der Waals surface area contributed by atoms with Gasteiger partial charge in [0.25, 0.3) is 0 Å². The highest BCUT2D eigenvalue weighted by Gasteiger charge is 1.62. The third kappa shape index (κ3) is 21.6. The summed E-state index contributed by atoms with van der Waals surface area (Å²) in [6.45, 7) is 6.39. The van der Waals surface area contributed by atoms with E-state index in [1.165, 1.54) is 0 Å². The van der Waals surface area contributed by atoms with Crippen LogP contribution in [0.1, 0.15) is 21.3 Å². The summed E-state index contributed by atoms with van der Waals surface area (Å²) >= 11 is 0. The zero-order chi connectivity index (χ0) is 4.12. The van der Waals surface area contributed by atoms with E-state index in [-0.39, 0.29) is 17.3 Å². The molecule has 0 aliphatic heterocycles. The molecule has 0 aliphatic rings. The average Bonchev–Trinajstić information content (AvgIpc) is 1.41. The Kier molecular flexibility index (Phi) is 36.1. The second-order valence-corrected chi connectivity index (χ2v) is 0.957. The molecule has 0 bridgehead atoms. The van der Waals surface area contributed by atoms with Crippen molar-refractivity contribution in [1.29, 1.82) is 0 Å². The summed E-state index contributed by atoms with van der Waals surface area (Å²) in [7, 11) is 0. The Bertz CT molecular complexity index is 15.6. The van der Waals surface area contributed by atoms with Crippen molar-refractivity contribution in [1.82, 2.24) is 5.32 Å². The van der Waals surface area contributed by atoms with E-state index in [2.05, 4.69) is 19.2 Å². The van der Waals surface area contributed by atoms with E-state index in [0.717, 1.165) is 13.1 Å². The van der Waals surface area contributed by atoms with Crippen molar-refractivity contribution in [3.8, 4) is 0 Å². The van der Waals surface area contributed by atoms with Crippen LogP contribution in [0.5, 0.6) is 0 Å². The third-order valence-electron chi connectivity index (χ3n) is 0.500. The lowest BCUT2D eigenvalue weighted by molar-refractivity contribution is 0.762. The molecule has 0 rings (SSSR count). The standard InChI is InChI=1S/C4H11N.CH4.H3P/c1-3-5-4-2;;/h5H,3-4H2,1-2H3;1H4;1H3. The molecule has 0 spiro atoms. The van der Waals surface area contributed by atoms with E-state index in [1.54, 1.807) is 0 Å². The molecular weight excluding hydrogens is 105 g/mol. The maximum Gasteiger partial charge on any atom is -0.00775 e. The zero-order valence-corrected chi connectivity index (χ0v) is 6.04. The van der Waals surface area contributed by atoms with Gasteiger partial charge in [0.05, 0.1) is 0 Å². The first-order valence-electron chi connectivity index (χ1n) is 2.12. The highest BCUT2D eigenvalue weighted by atomic mass is 31.0. The summed E-state index contributed by atoms with van der Waals surface area (Å²) in [6.07, 6.45) is 0. The fraction of sp³-hybridized carbons (Fsp3) is 1.00. The van der Waals surface area contributed by atoms with E-state index in [0.29, 0.717) is 0 Å². The molecule has 0 heterocycles. The molecular formula is C5H18NP. The van der Waals surface area contributed by atoms with Crippen molar-refractivity contribution in [2.24, 2.45) is 0 Å². The van der Waals surface area contributed by atoms with Crippen molar-refractivity contribution in [3.05, 3.63) is 0 Å². The summed E-state index contributed by atoms with van der Waals surface area (Å²) in [5, 5.41) is 3.11. The van der Waals surface area contributed by atoms with Gasteiger partial charge in [0.2, 0.25) is 0 Å². The molecule has 0 aromatic carbocycles. The van der Waals surface area contributed by atoms with E-state index >= 15 is 0 Å². The molecule has 0 aromatic heterocycles. The summed E-state index contributed by atoms with van der Waals surface area (Å²) in [5.41, 5.74) is 0. The molecule has 0 saturated heterocycles. The molecule has 0 aromatic rings. The fourth-order valence-corrected chi connectivity index (χ4v) is 0.250. The topological polar surface area (TPSA) is 12.0 Å². The van der Waals surface area contributed by atoms with E-state index in [9.17, 15) is 0 Å². The Morgan fingerprint density at radius 3 is 1.43 bits per heavy atom. The van der Waals surface area contributed by atoms with Gasteiger partial charge in [0.1, 0.15) is 0 Å². The monoisotopic (exact) mass is 123 g/mol. The second-order valence-electron chi connectivity index (χ2n) is 0.957. The molecule has 2 heteroatoms. The first-order chi connectivity index (χ1) is 2.41. The minimum Gasteiger partial charge on any atom is -0.317 e. The summed E-state index contributed by atoms with van der Waals surface area (Å²) in [5.74, 6) is 0. The predicted molar refractivity (Wildman–Crippen MR) is 42.1 cm³/mol. The smallest absolute Gasteiger partial charge is 0.00775 e. The molecule has 1 atom stereocenters. The van der Waals surface area contributed by atoms with Crippen LogP contribution < -0.4 is 5.32 Å². The Morgan fingerprint density at radius 2 is 1.43 bits per heavy atom. The lowest BCUT2D eigenvalue weighted by Gasteiger charge is -1.86. The van der Waals surface area contributed by atoms with E-state index in [4.69, 9.17) is 0 Å². The largest absolute Gasteiger partial charge is 0.317 e. The Balaban J connectivity index is -0.0000000800. The normalized spacial score (nSPS) is 6.00.